The van der Waals surface area contributed by atoms with Gasteiger partial charge in [-0.05, 0) is 22.9 Å². The van der Waals surface area contributed by atoms with E-state index in [1.807, 2.05) is 0 Å². The number of nitro groups is 1. The molecule has 0 aromatic carbocycles. The zero-order chi connectivity index (χ0) is 13.9. The summed E-state index contributed by atoms with van der Waals surface area (Å²) in [5.74, 6) is -1.97. The summed E-state index contributed by atoms with van der Waals surface area (Å²) in [5.41, 5.74) is 3.20. The van der Waals surface area contributed by atoms with E-state index in [1.54, 1.807) is 0 Å². The number of rotatable bonds is 4. The molecule has 0 aliphatic rings. The Labute approximate surface area is 99.7 Å². The monoisotopic (exact) mass is 261 g/mol. The molecule has 7 nitrogen and oxygen atoms in total. The largest absolute Gasteiger partial charge is 0.462 e. The van der Waals surface area contributed by atoms with Crippen LogP contribution in [0, 0.1) is 10.1 Å². The number of halogens is 2. The molecule has 0 unspecified atom stereocenters. The number of nitrogens with zero attached hydrogens (tertiary/aromatic N) is 2. The highest BCUT2D eigenvalue weighted by atomic mass is 19.3. The molecule has 1 heterocycles. The number of nitrogen functional groups attached to an aromatic ring is 1. The second kappa shape index (κ2) is 5.34. The van der Waals surface area contributed by atoms with Crippen LogP contribution in [-0.2, 0) is 4.74 Å². The highest BCUT2D eigenvalue weighted by Gasteiger charge is 2.30. The summed E-state index contributed by atoms with van der Waals surface area (Å²) in [6, 6.07) is 0.768. The van der Waals surface area contributed by atoms with Gasteiger partial charge in [0.05, 0.1) is 6.61 Å². The topological polar surface area (TPSA) is 108 Å². The Kier molecular flexibility index (Phi) is 4.08. The van der Waals surface area contributed by atoms with Crippen molar-refractivity contribution in [2.75, 3.05) is 12.3 Å². The Morgan fingerprint density at radius 1 is 1.67 bits per heavy atom. The molecule has 2 N–H and O–H groups in total. The lowest BCUT2D eigenvalue weighted by molar-refractivity contribution is -0.388. The number of carbonyl (C=O) groups is 1. The third-order valence-electron chi connectivity index (χ3n) is 1.94. The van der Waals surface area contributed by atoms with E-state index in [4.69, 9.17) is 5.73 Å². The summed E-state index contributed by atoms with van der Waals surface area (Å²) in [7, 11) is 0. The molecule has 0 aliphatic carbocycles. The number of anilines is 1. The van der Waals surface area contributed by atoms with Crippen molar-refractivity contribution in [1.82, 2.24) is 4.98 Å². The van der Waals surface area contributed by atoms with E-state index in [-0.39, 0.29) is 6.61 Å². The van der Waals surface area contributed by atoms with Crippen molar-refractivity contribution in [3.05, 3.63) is 27.4 Å². The van der Waals surface area contributed by atoms with Crippen molar-refractivity contribution in [2.45, 2.75) is 13.3 Å². The summed E-state index contributed by atoms with van der Waals surface area (Å²) in [6.45, 7) is 1.46. The van der Waals surface area contributed by atoms with Crippen molar-refractivity contribution in [2.24, 2.45) is 0 Å². The summed E-state index contributed by atoms with van der Waals surface area (Å²) in [6.07, 6.45) is -3.15. The second-order valence-electron chi connectivity index (χ2n) is 3.11. The van der Waals surface area contributed by atoms with E-state index in [0.29, 0.717) is 0 Å². The molecule has 1 aromatic heterocycles. The minimum Gasteiger partial charge on any atom is -0.462 e. The van der Waals surface area contributed by atoms with E-state index >= 15 is 0 Å². The van der Waals surface area contributed by atoms with Gasteiger partial charge in [0.2, 0.25) is 5.69 Å². The van der Waals surface area contributed by atoms with Crippen molar-refractivity contribution in [3.63, 3.8) is 0 Å². The van der Waals surface area contributed by atoms with Crippen molar-refractivity contribution < 1.29 is 23.2 Å². The number of aromatic nitrogens is 1. The van der Waals surface area contributed by atoms with Gasteiger partial charge in [-0.1, -0.05) is 0 Å². The van der Waals surface area contributed by atoms with Crippen LogP contribution in [0.2, 0.25) is 0 Å². The lowest BCUT2D eigenvalue weighted by Gasteiger charge is -2.06. The molecule has 0 fully saturated rings. The average Bonchev–Trinajstić information content (AvgIpc) is 2.27. The number of ether oxygens (including phenoxy) is 1. The van der Waals surface area contributed by atoms with E-state index in [1.165, 1.54) is 6.92 Å². The first-order chi connectivity index (χ1) is 8.38. The van der Waals surface area contributed by atoms with Gasteiger partial charge >= 0.3 is 18.2 Å². The van der Waals surface area contributed by atoms with Gasteiger partial charge < -0.3 is 20.6 Å². The fourth-order valence-corrected chi connectivity index (χ4v) is 1.22. The number of hydrogen-bond donors (Lipinski definition) is 1. The quantitative estimate of drug-likeness (QED) is 0.501. The van der Waals surface area contributed by atoms with Crippen LogP contribution in [-0.4, -0.2) is 22.5 Å². The highest BCUT2D eigenvalue weighted by molar-refractivity contribution is 5.92. The fraction of sp³-hybridized carbons (Fsp3) is 0.333. The first-order valence-corrected chi connectivity index (χ1v) is 4.78. The standard InChI is InChI=1S/C9H9F2N3O4/c1-2-18-9(15)4-3-5(12)8(14(16)17)13-6(4)7(10)11/h3,7H,2,12H2,1H3. The SMILES string of the molecule is CCOC(=O)c1cc(N)c([N+](=O)[O-])nc1C(F)F. The molecule has 98 valence electrons. The summed E-state index contributed by atoms with van der Waals surface area (Å²) < 4.78 is 29.9. The maximum Gasteiger partial charge on any atom is 0.387 e. The van der Waals surface area contributed by atoms with E-state index in [9.17, 15) is 23.7 Å². The van der Waals surface area contributed by atoms with Crippen molar-refractivity contribution >= 4 is 17.5 Å². The fourth-order valence-electron chi connectivity index (χ4n) is 1.22. The smallest absolute Gasteiger partial charge is 0.387 e. The van der Waals surface area contributed by atoms with Crippen LogP contribution in [0.5, 0.6) is 0 Å². The van der Waals surface area contributed by atoms with E-state index in [2.05, 4.69) is 9.72 Å². The van der Waals surface area contributed by atoms with E-state index in [0.717, 1.165) is 6.07 Å². The van der Waals surface area contributed by atoms with E-state index < -0.39 is 40.1 Å². The highest BCUT2D eigenvalue weighted by Crippen LogP contribution is 2.28. The predicted octanol–water partition coefficient (Wildman–Crippen LogP) is 1.69. The molecule has 0 amide bonds. The first kappa shape index (κ1) is 13.7. The number of alkyl halides is 2. The van der Waals surface area contributed by atoms with Gasteiger partial charge in [0.15, 0.2) is 0 Å². The maximum absolute atomic E-state index is 12.7. The molecule has 1 aromatic rings. The Hall–Kier alpha value is -2.32. The molecule has 0 bridgehead atoms. The molecule has 0 aliphatic heterocycles. The number of hydrogen-bond acceptors (Lipinski definition) is 6. The summed E-state index contributed by atoms with van der Waals surface area (Å²) >= 11 is 0. The normalized spacial score (nSPS) is 10.4. The van der Waals surface area contributed by atoms with Crippen LogP contribution in [0.25, 0.3) is 0 Å². The first-order valence-electron chi connectivity index (χ1n) is 4.78. The minimum absolute atomic E-state index is 0.0294. The minimum atomic E-state index is -3.15. The maximum atomic E-state index is 12.7. The lowest BCUT2D eigenvalue weighted by Crippen LogP contribution is -2.13. The number of esters is 1. The molecular formula is C9H9F2N3O4. The third-order valence-corrected chi connectivity index (χ3v) is 1.94. The second-order valence-corrected chi connectivity index (χ2v) is 3.11. The molecular weight excluding hydrogens is 252 g/mol. The van der Waals surface area contributed by atoms with Crippen molar-refractivity contribution in [3.8, 4) is 0 Å². The molecule has 0 spiro atoms. The van der Waals surface area contributed by atoms with Gasteiger partial charge in [0.1, 0.15) is 11.3 Å². The average molecular weight is 261 g/mol. The van der Waals surface area contributed by atoms with Gasteiger partial charge in [-0.3, -0.25) is 0 Å². The van der Waals surface area contributed by atoms with Gasteiger partial charge in [0.25, 0.3) is 0 Å². The van der Waals surface area contributed by atoms with Gasteiger partial charge in [-0.25, -0.2) is 13.6 Å². The van der Waals surface area contributed by atoms with Crippen LogP contribution in [0.3, 0.4) is 0 Å². The Morgan fingerprint density at radius 3 is 2.72 bits per heavy atom. The Bertz CT molecular complexity index is 493. The van der Waals surface area contributed by atoms with Crippen molar-refractivity contribution in [1.29, 1.82) is 0 Å². The Balaban J connectivity index is 3.38. The van der Waals surface area contributed by atoms with Gasteiger partial charge in [-0.15, -0.1) is 0 Å². The van der Waals surface area contributed by atoms with Crippen LogP contribution in [0.15, 0.2) is 6.07 Å². The number of carbonyl (C=O) groups excluding carboxylic acids is 1. The molecule has 18 heavy (non-hydrogen) atoms. The zero-order valence-electron chi connectivity index (χ0n) is 9.22. The predicted molar refractivity (Wildman–Crippen MR) is 56.2 cm³/mol. The van der Waals surface area contributed by atoms with Crippen LogP contribution >= 0.6 is 0 Å². The van der Waals surface area contributed by atoms with Crippen LogP contribution in [0.4, 0.5) is 20.3 Å². The molecule has 1 rings (SSSR count). The lowest BCUT2D eigenvalue weighted by atomic mass is 10.1. The molecule has 0 saturated heterocycles. The van der Waals surface area contributed by atoms with Crippen LogP contribution < -0.4 is 5.73 Å². The zero-order valence-corrected chi connectivity index (χ0v) is 9.22. The summed E-state index contributed by atoms with van der Waals surface area (Å²) in [4.78, 5) is 24.0. The number of pyridine rings is 1. The molecule has 9 heteroatoms. The third kappa shape index (κ3) is 2.67. The van der Waals surface area contributed by atoms with Gasteiger partial charge in [0, 0.05) is 0 Å². The number of nitrogens with two attached hydrogens (primary N) is 1. The Morgan fingerprint density at radius 2 is 2.28 bits per heavy atom. The summed E-state index contributed by atoms with van der Waals surface area (Å²) in [5, 5.41) is 10.5. The van der Waals surface area contributed by atoms with Gasteiger partial charge in [-0.2, -0.15) is 0 Å². The molecule has 0 saturated carbocycles. The molecule has 0 radical (unpaired) electrons. The van der Waals surface area contributed by atoms with Crippen LogP contribution in [0.1, 0.15) is 29.4 Å². The molecule has 0 atom stereocenters.